The van der Waals surface area contributed by atoms with Crippen molar-refractivity contribution in [1.29, 1.82) is 0 Å². The summed E-state index contributed by atoms with van der Waals surface area (Å²) in [5.41, 5.74) is 2.86. The highest BCUT2D eigenvalue weighted by Gasteiger charge is 2.27. The van der Waals surface area contributed by atoms with Gasteiger partial charge in [-0.25, -0.2) is 4.68 Å². The average Bonchev–Trinajstić information content (AvgIpc) is 3.36. The molecule has 0 radical (unpaired) electrons. The van der Waals surface area contributed by atoms with Gasteiger partial charge in [-0.05, 0) is 62.3 Å². The standard InChI is InChI=1S/C23H25Cl2N3OS/c1-14-21(23(29)26-15(2)16-7-4-3-5-8-16)27-28(22(14)20-9-6-12-30-20)19-11-10-17(24)13-18(19)25/h6,9-13,15-16H,3-5,7-8H2,1-2H3,(H,26,29)/t15-/m1/s1. The number of nitrogens with zero attached hydrogens (tertiary/aromatic N) is 2. The topological polar surface area (TPSA) is 46.9 Å². The first-order valence-electron chi connectivity index (χ1n) is 10.4. The number of hydrogen-bond acceptors (Lipinski definition) is 3. The van der Waals surface area contributed by atoms with Crippen molar-refractivity contribution < 1.29 is 4.79 Å². The highest BCUT2D eigenvalue weighted by Crippen LogP contribution is 2.35. The first kappa shape index (κ1) is 21.4. The van der Waals surface area contributed by atoms with E-state index >= 15 is 0 Å². The summed E-state index contributed by atoms with van der Waals surface area (Å²) in [7, 11) is 0. The van der Waals surface area contributed by atoms with Crippen LogP contribution in [-0.2, 0) is 0 Å². The first-order chi connectivity index (χ1) is 14.5. The normalized spacial score (nSPS) is 15.9. The summed E-state index contributed by atoms with van der Waals surface area (Å²) >= 11 is 14.2. The molecule has 2 aromatic heterocycles. The van der Waals surface area contributed by atoms with Crippen molar-refractivity contribution in [2.75, 3.05) is 0 Å². The van der Waals surface area contributed by atoms with Crippen LogP contribution in [0.15, 0.2) is 35.7 Å². The van der Waals surface area contributed by atoms with Crippen molar-refractivity contribution in [3.05, 3.63) is 57.0 Å². The van der Waals surface area contributed by atoms with Crippen LogP contribution in [0.4, 0.5) is 0 Å². The van der Waals surface area contributed by atoms with Crippen molar-refractivity contribution in [2.24, 2.45) is 5.92 Å². The second-order valence-corrected chi connectivity index (χ2v) is 9.76. The molecule has 1 fully saturated rings. The SMILES string of the molecule is Cc1c(C(=O)N[C@H](C)C2CCCCC2)nn(-c2ccc(Cl)cc2Cl)c1-c1cccs1. The van der Waals surface area contributed by atoms with Gasteiger partial charge < -0.3 is 5.32 Å². The molecule has 30 heavy (non-hydrogen) atoms. The minimum absolute atomic E-state index is 0.131. The maximum absolute atomic E-state index is 13.2. The van der Waals surface area contributed by atoms with Gasteiger partial charge in [0.05, 0.1) is 21.3 Å². The zero-order chi connectivity index (χ0) is 21.3. The van der Waals surface area contributed by atoms with E-state index in [1.54, 1.807) is 28.2 Å². The zero-order valence-corrected chi connectivity index (χ0v) is 19.4. The van der Waals surface area contributed by atoms with Crippen LogP contribution >= 0.6 is 34.5 Å². The van der Waals surface area contributed by atoms with Crippen molar-refractivity contribution in [2.45, 2.75) is 52.0 Å². The molecular weight excluding hydrogens is 437 g/mol. The van der Waals surface area contributed by atoms with Crippen molar-refractivity contribution in [3.8, 4) is 16.3 Å². The molecule has 1 atom stereocenters. The van der Waals surface area contributed by atoms with Gasteiger partial charge in [-0.2, -0.15) is 5.10 Å². The molecule has 1 aliphatic carbocycles. The van der Waals surface area contributed by atoms with Crippen LogP contribution in [-0.4, -0.2) is 21.7 Å². The van der Waals surface area contributed by atoms with E-state index < -0.39 is 0 Å². The Kier molecular flexibility index (Phi) is 6.51. The predicted molar refractivity (Wildman–Crippen MR) is 125 cm³/mol. The molecule has 158 valence electrons. The van der Waals surface area contributed by atoms with Gasteiger partial charge in [-0.3, -0.25) is 4.79 Å². The molecule has 0 unspecified atom stereocenters. The Morgan fingerprint density at radius 1 is 1.23 bits per heavy atom. The molecule has 1 aliphatic rings. The van der Waals surface area contributed by atoms with Gasteiger partial charge >= 0.3 is 0 Å². The van der Waals surface area contributed by atoms with E-state index in [-0.39, 0.29) is 11.9 Å². The average molecular weight is 462 g/mol. The van der Waals surface area contributed by atoms with Crippen LogP contribution < -0.4 is 5.32 Å². The monoisotopic (exact) mass is 461 g/mol. The molecule has 1 saturated carbocycles. The first-order valence-corrected chi connectivity index (χ1v) is 12.0. The predicted octanol–water partition coefficient (Wildman–Crippen LogP) is 6.91. The fraction of sp³-hybridized carbons (Fsp3) is 0.391. The second kappa shape index (κ2) is 9.13. The summed E-state index contributed by atoms with van der Waals surface area (Å²) in [6.45, 7) is 4.05. The number of benzene rings is 1. The van der Waals surface area contributed by atoms with E-state index in [1.807, 2.05) is 30.5 Å². The lowest BCUT2D eigenvalue weighted by Crippen LogP contribution is -2.39. The zero-order valence-electron chi connectivity index (χ0n) is 17.1. The van der Waals surface area contributed by atoms with Crippen molar-refractivity contribution >= 4 is 40.4 Å². The fourth-order valence-electron chi connectivity index (χ4n) is 4.27. The van der Waals surface area contributed by atoms with E-state index in [0.717, 1.165) is 16.1 Å². The smallest absolute Gasteiger partial charge is 0.272 e. The van der Waals surface area contributed by atoms with Crippen LogP contribution in [0.5, 0.6) is 0 Å². The quantitative estimate of drug-likeness (QED) is 0.448. The van der Waals surface area contributed by atoms with Gasteiger partial charge in [0, 0.05) is 16.6 Å². The van der Waals surface area contributed by atoms with Crippen LogP contribution in [0.2, 0.25) is 10.0 Å². The lowest BCUT2D eigenvalue weighted by Gasteiger charge is -2.28. The molecule has 0 saturated heterocycles. The van der Waals surface area contributed by atoms with Crippen molar-refractivity contribution in [3.63, 3.8) is 0 Å². The van der Waals surface area contributed by atoms with Gasteiger partial charge in [0.1, 0.15) is 0 Å². The number of nitrogens with one attached hydrogen (secondary N) is 1. The number of carbonyl (C=O) groups excluding carboxylic acids is 1. The molecule has 0 bridgehead atoms. The lowest BCUT2D eigenvalue weighted by atomic mass is 9.84. The van der Waals surface area contributed by atoms with E-state index in [2.05, 4.69) is 12.2 Å². The Hall–Kier alpha value is -1.82. The number of hydrogen-bond donors (Lipinski definition) is 1. The second-order valence-electron chi connectivity index (χ2n) is 7.97. The molecule has 4 nitrogen and oxygen atoms in total. The lowest BCUT2D eigenvalue weighted by molar-refractivity contribution is 0.0913. The number of carbonyl (C=O) groups is 1. The number of thiophene rings is 1. The molecular formula is C23H25Cl2N3OS. The van der Waals surface area contributed by atoms with Crippen LogP contribution in [0.1, 0.15) is 55.1 Å². The van der Waals surface area contributed by atoms with E-state index in [9.17, 15) is 4.79 Å². The van der Waals surface area contributed by atoms with Crippen LogP contribution in [0.25, 0.3) is 16.3 Å². The maximum Gasteiger partial charge on any atom is 0.272 e. The van der Waals surface area contributed by atoms with Gasteiger partial charge in [0.15, 0.2) is 5.69 Å². The third kappa shape index (κ3) is 4.29. The van der Waals surface area contributed by atoms with E-state index in [4.69, 9.17) is 28.3 Å². The Labute approximate surface area is 191 Å². The highest BCUT2D eigenvalue weighted by atomic mass is 35.5. The minimum atomic E-state index is -0.132. The molecule has 1 N–H and O–H groups in total. The van der Waals surface area contributed by atoms with Gasteiger partial charge in [0.25, 0.3) is 5.91 Å². The molecule has 1 amide bonds. The molecule has 2 heterocycles. The Morgan fingerprint density at radius 2 is 2.00 bits per heavy atom. The Morgan fingerprint density at radius 3 is 2.67 bits per heavy atom. The van der Waals surface area contributed by atoms with Crippen molar-refractivity contribution in [1.82, 2.24) is 15.1 Å². The summed E-state index contributed by atoms with van der Waals surface area (Å²) in [5, 5.41) is 11.0. The number of aromatic nitrogens is 2. The Bertz CT molecular complexity index is 1040. The summed E-state index contributed by atoms with van der Waals surface area (Å²) in [6, 6.07) is 9.46. The van der Waals surface area contributed by atoms with Crippen LogP contribution in [0, 0.1) is 12.8 Å². The van der Waals surface area contributed by atoms with Gasteiger partial charge in [0.2, 0.25) is 0 Å². The summed E-state index contributed by atoms with van der Waals surface area (Å²) in [4.78, 5) is 14.2. The number of rotatable bonds is 5. The van der Waals surface area contributed by atoms with Gasteiger partial charge in [-0.15, -0.1) is 11.3 Å². The maximum atomic E-state index is 13.2. The third-order valence-electron chi connectivity index (χ3n) is 5.95. The molecule has 4 rings (SSSR count). The third-order valence-corrected chi connectivity index (χ3v) is 7.36. The highest BCUT2D eigenvalue weighted by molar-refractivity contribution is 7.13. The molecule has 1 aromatic carbocycles. The fourth-order valence-corrected chi connectivity index (χ4v) is 5.57. The molecule has 0 aliphatic heterocycles. The molecule has 0 spiro atoms. The van der Waals surface area contributed by atoms with E-state index in [0.29, 0.717) is 27.3 Å². The number of halogens is 2. The van der Waals surface area contributed by atoms with Crippen LogP contribution in [0.3, 0.4) is 0 Å². The summed E-state index contributed by atoms with van der Waals surface area (Å²) in [5.74, 6) is 0.403. The number of amides is 1. The minimum Gasteiger partial charge on any atom is -0.348 e. The van der Waals surface area contributed by atoms with E-state index in [1.165, 1.54) is 32.1 Å². The summed E-state index contributed by atoms with van der Waals surface area (Å²) < 4.78 is 1.76. The summed E-state index contributed by atoms with van der Waals surface area (Å²) in [6.07, 6.45) is 6.14. The molecule has 3 aromatic rings. The van der Waals surface area contributed by atoms with Gasteiger partial charge in [-0.1, -0.05) is 48.5 Å². The Balaban J connectivity index is 1.71. The molecule has 7 heteroatoms. The largest absolute Gasteiger partial charge is 0.348 e.